The van der Waals surface area contributed by atoms with Crippen LogP contribution in [-0.2, 0) is 0 Å². The smallest absolute Gasteiger partial charge is 0.410 e. The summed E-state index contributed by atoms with van der Waals surface area (Å²) in [5.41, 5.74) is 6.15. The highest BCUT2D eigenvalue weighted by Crippen LogP contribution is 2.30. The molecule has 0 radical (unpaired) electrons. The van der Waals surface area contributed by atoms with Crippen molar-refractivity contribution >= 4 is 40.1 Å². The number of fused-ring (bicyclic) bond motifs is 1. The SMILES string of the molecule is C1CC1.N#Cc1cc(N)cc(Cl)c1-n1cc2c(NC(=O)O)ncc(F)c2n1. The molecular weight excluding hydrogens is 375 g/mol. The molecule has 0 aliphatic heterocycles. The molecule has 1 fully saturated rings. The van der Waals surface area contributed by atoms with Crippen molar-refractivity contribution in [2.24, 2.45) is 0 Å². The monoisotopic (exact) mass is 388 g/mol. The average molecular weight is 389 g/mol. The molecule has 3 aromatic rings. The summed E-state index contributed by atoms with van der Waals surface area (Å²) < 4.78 is 15.1. The number of hydrogen-bond acceptors (Lipinski definition) is 5. The number of rotatable bonds is 2. The second kappa shape index (κ2) is 7.47. The molecule has 0 bridgehead atoms. The third kappa shape index (κ3) is 4.07. The zero-order valence-electron chi connectivity index (χ0n) is 13.9. The first-order valence-corrected chi connectivity index (χ1v) is 8.32. The number of benzene rings is 1. The van der Waals surface area contributed by atoms with E-state index in [0.29, 0.717) is 0 Å². The van der Waals surface area contributed by atoms with Gasteiger partial charge in [0.05, 0.1) is 22.2 Å². The standard InChI is InChI=1S/C14H8ClFN6O2.C3H6/c15-9-2-7(18)1-6(3-17)12(9)22-5-8-11(21-22)10(16)4-19-13(8)20-14(23)24;1-2-3-1/h1-2,4-5H,18H2,(H,19,20)(H,23,24);1-3H2. The highest BCUT2D eigenvalue weighted by Gasteiger charge is 2.18. The van der Waals surface area contributed by atoms with Crippen LogP contribution in [0.3, 0.4) is 0 Å². The molecule has 1 aromatic carbocycles. The fourth-order valence-electron chi connectivity index (χ4n) is 2.23. The van der Waals surface area contributed by atoms with Gasteiger partial charge in [-0.25, -0.2) is 18.9 Å². The minimum atomic E-state index is -1.36. The van der Waals surface area contributed by atoms with Crippen molar-refractivity contribution in [3.8, 4) is 11.8 Å². The number of nitrogens with two attached hydrogens (primary N) is 1. The lowest BCUT2D eigenvalue weighted by Crippen LogP contribution is -2.09. The van der Waals surface area contributed by atoms with Gasteiger partial charge in [-0.1, -0.05) is 30.9 Å². The van der Waals surface area contributed by atoms with Crippen molar-refractivity contribution in [1.82, 2.24) is 14.8 Å². The van der Waals surface area contributed by atoms with Crippen LogP contribution in [0.2, 0.25) is 5.02 Å². The fourth-order valence-corrected chi connectivity index (χ4v) is 2.54. The molecule has 2 aromatic heterocycles. The summed E-state index contributed by atoms with van der Waals surface area (Å²) in [6.07, 6.45) is 5.32. The zero-order valence-corrected chi connectivity index (χ0v) is 14.7. The molecule has 2 heterocycles. The van der Waals surface area contributed by atoms with E-state index in [1.807, 2.05) is 6.07 Å². The van der Waals surface area contributed by atoms with Crippen LogP contribution in [-0.4, -0.2) is 26.0 Å². The number of pyridine rings is 1. The van der Waals surface area contributed by atoms with Crippen LogP contribution >= 0.6 is 11.6 Å². The van der Waals surface area contributed by atoms with Gasteiger partial charge >= 0.3 is 6.09 Å². The van der Waals surface area contributed by atoms with Gasteiger partial charge in [0, 0.05) is 11.9 Å². The molecule has 138 valence electrons. The molecule has 1 saturated carbocycles. The van der Waals surface area contributed by atoms with Gasteiger partial charge in [0.25, 0.3) is 0 Å². The van der Waals surface area contributed by atoms with Crippen molar-refractivity contribution in [3.63, 3.8) is 0 Å². The third-order valence-electron chi connectivity index (χ3n) is 3.52. The van der Waals surface area contributed by atoms with E-state index in [1.54, 1.807) is 0 Å². The number of nitrogens with zero attached hydrogens (tertiary/aromatic N) is 4. The number of carboxylic acid groups (broad SMARTS) is 1. The Hall–Kier alpha value is -3.38. The van der Waals surface area contributed by atoms with Crippen LogP contribution in [0.4, 0.5) is 20.7 Å². The van der Waals surface area contributed by atoms with Crippen LogP contribution in [0.25, 0.3) is 16.6 Å². The number of carbonyl (C=O) groups is 1. The number of halogens is 2. The topological polar surface area (TPSA) is 130 Å². The lowest BCUT2D eigenvalue weighted by atomic mass is 10.1. The minimum absolute atomic E-state index is 0.0878. The number of nitrogens with one attached hydrogen (secondary N) is 1. The predicted molar refractivity (Wildman–Crippen MR) is 98.5 cm³/mol. The van der Waals surface area contributed by atoms with E-state index in [4.69, 9.17) is 22.4 Å². The highest BCUT2D eigenvalue weighted by molar-refractivity contribution is 6.33. The first kappa shape index (κ1) is 18.4. The van der Waals surface area contributed by atoms with Crippen molar-refractivity contribution in [1.29, 1.82) is 5.26 Å². The Morgan fingerprint density at radius 1 is 1.41 bits per heavy atom. The molecule has 4 rings (SSSR count). The van der Waals surface area contributed by atoms with Crippen molar-refractivity contribution < 1.29 is 14.3 Å². The Bertz CT molecular complexity index is 1070. The maximum Gasteiger partial charge on any atom is 0.410 e. The summed E-state index contributed by atoms with van der Waals surface area (Å²) in [6.45, 7) is 0. The lowest BCUT2D eigenvalue weighted by molar-refractivity contribution is 0.209. The number of amides is 1. The molecular formula is C17H14ClFN6O2. The van der Waals surface area contributed by atoms with E-state index < -0.39 is 11.9 Å². The molecule has 8 nitrogen and oxygen atoms in total. The molecule has 0 spiro atoms. The van der Waals surface area contributed by atoms with Crippen LogP contribution in [0.1, 0.15) is 24.8 Å². The molecule has 0 saturated heterocycles. The van der Waals surface area contributed by atoms with Crippen molar-refractivity contribution in [3.05, 3.63) is 40.9 Å². The normalized spacial score (nSPS) is 12.0. The van der Waals surface area contributed by atoms with E-state index in [2.05, 4.69) is 15.4 Å². The third-order valence-corrected chi connectivity index (χ3v) is 3.80. The van der Waals surface area contributed by atoms with Crippen molar-refractivity contribution in [2.45, 2.75) is 19.3 Å². The van der Waals surface area contributed by atoms with E-state index in [0.717, 1.165) is 6.20 Å². The summed E-state index contributed by atoms with van der Waals surface area (Å²) in [4.78, 5) is 14.5. The Morgan fingerprint density at radius 2 is 2.11 bits per heavy atom. The first-order chi connectivity index (χ1) is 12.9. The molecule has 4 N–H and O–H groups in total. The number of anilines is 2. The number of aromatic nitrogens is 3. The van der Waals surface area contributed by atoms with Crippen LogP contribution in [0.5, 0.6) is 0 Å². The number of nitriles is 1. The molecule has 1 aliphatic rings. The largest absolute Gasteiger partial charge is 0.465 e. The summed E-state index contributed by atoms with van der Waals surface area (Å²) >= 11 is 6.13. The quantitative estimate of drug-likeness (QED) is 0.570. The highest BCUT2D eigenvalue weighted by atomic mass is 35.5. The number of nitrogen functional groups attached to an aromatic ring is 1. The Morgan fingerprint density at radius 3 is 2.70 bits per heavy atom. The molecule has 0 unspecified atom stereocenters. The van der Waals surface area contributed by atoms with Crippen molar-refractivity contribution in [2.75, 3.05) is 11.1 Å². The Balaban J connectivity index is 0.000000637. The summed E-state index contributed by atoms with van der Waals surface area (Å²) in [5, 5.41) is 24.4. The number of hydrogen-bond donors (Lipinski definition) is 3. The van der Waals surface area contributed by atoms with E-state index in [-0.39, 0.29) is 38.7 Å². The zero-order chi connectivity index (χ0) is 19.6. The molecule has 27 heavy (non-hydrogen) atoms. The van der Waals surface area contributed by atoms with Gasteiger partial charge in [-0.05, 0) is 12.1 Å². The summed E-state index contributed by atoms with van der Waals surface area (Å²) in [7, 11) is 0. The fraction of sp³-hybridized carbons (Fsp3) is 0.176. The van der Waals surface area contributed by atoms with Gasteiger partial charge in [-0.15, -0.1) is 0 Å². The predicted octanol–water partition coefficient (Wildman–Crippen LogP) is 3.93. The van der Waals surface area contributed by atoms with Gasteiger partial charge in [0.2, 0.25) is 0 Å². The van der Waals surface area contributed by atoms with E-state index >= 15 is 0 Å². The van der Waals surface area contributed by atoms with E-state index in [1.165, 1.54) is 42.3 Å². The summed E-state index contributed by atoms with van der Waals surface area (Å²) in [6, 6.07) is 4.76. The first-order valence-electron chi connectivity index (χ1n) is 7.94. The second-order valence-corrected chi connectivity index (χ2v) is 6.20. The maximum atomic E-state index is 13.9. The Kier molecular flexibility index (Phi) is 5.09. The maximum absolute atomic E-state index is 13.9. The average Bonchev–Trinajstić information content (AvgIpc) is 3.42. The summed E-state index contributed by atoms with van der Waals surface area (Å²) in [5.74, 6) is -0.833. The Labute approximate surface area is 158 Å². The molecule has 1 aliphatic carbocycles. The van der Waals surface area contributed by atoms with Crippen LogP contribution in [0, 0.1) is 17.1 Å². The molecule has 1 amide bonds. The lowest BCUT2D eigenvalue weighted by Gasteiger charge is -2.07. The van der Waals surface area contributed by atoms with Gasteiger partial charge in [0.1, 0.15) is 23.1 Å². The van der Waals surface area contributed by atoms with Gasteiger partial charge in [0.15, 0.2) is 5.82 Å². The van der Waals surface area contributed by atoms with Gasteiger partial charge < -0.3 is 10.8 Å². The van der Waals surface area contributed by atoms with Crippen LogP contribution < -0.4 is 11.1 Å². The molecule has 0 atom stereocenters. The van der Waals surface area contributed by atoms with Gasteiger partial charge in [-0.2, -0.15) is 10.4 Å². The van der Waals surface area contributed by atoms with Crippen LogP contribution in [0.15, 0.2) is 24.5 Å². The second-order valence-electron chi connectivity index (χ2n) is 5.79. The minimum Gasteiger partial charge on any atom is -0.465 e. The van der Waals surface area contributed by atoms with E-state index in [9.17, 15) is 14.4 Å². The van der Waals surface area contributed by atoms with Gasteiger partial charge in [-0.3, -0.25) is 5.32 Å². The molecule has 10 heteroatoms.